The van der Waals surface area contributed by atoms with E-state index < -0.39 is 0 Å². The smallest absolute Gasteiger partial charge is 0.411 e. The highest BCUT2D eigenvalue weighted by Gasteiger charge is 2.44. The van der Waals surface area contributed by atoms with E-state index in [1.165, 1.54) is 0 Å². The van der Waals surface area contributed by atoms with Crippen LogP contribution >= 0.6 is 0 Å². The van der Waals surface area contributed by atoms with Gasteiger partial charge in [-0.3, -0.25) is 9.69 Å². The molecule has 7 nitrogen and oxygen atoms in total. The van der Waals surface area contributed by atoms with E-state index in [1.807, 2.05) is 77.4 Å². The van der Waals surface area contributed by atoms with E-state index >= 15 is 0 Å². The predicted octanol–water partition coefficient (Wildman–Crippen LogP) is 4.84. The molecule has 2 aromatic carbocycles. The average Bonchev–Trinajstić information content (AvgIpc) is 3.38. The van der Waals surface area contributed by atoms with Crippen molar-refractivity contribution in [2.45, 2.75) is 44.9 Å². The second kappa shape index (κ2) is 8.73. The van der Waals surface area contributed by atoms with Crippen LogP contribution in [0, 0.1) is 6.92 Å². The molecule has 1 aromatic heterocycles. The molecule has 2 aliphatic heterocycles. The minimum atomic E-state index is -0.276. The molecule has 0 aliphatic carbocycles. The molecule has 2 atom stereocenters. The van der Waals surface area contributed by atoms with Gasteiger partial charge in [0.1, 0.15) is 23.1 Å². The van der Waals surface area contributed by atoms with Crippen molar-refractivity contribution < 1.29 is 18.8 Å². The lowest BCUT2D eigenvalue weighted by Crippen LogP contribution is -2.49. The molecule has 0 bridgehead atoms. The number of ether oxygens (including phenoxy) is 1. The highest BCUT2D eigenvalue weighted by molar-refractivity contribution is 6.00. The predicted molar refractivity (Wildman–Crippen MR) is 123 cm³/mol. The SMILES string of the molecule is Cc1onc(-c2ccccc2)c1C(=O)N1CCC(N2C(=O)O[C@H](c3ccccc3)[C@@H]2C)CC1. The van der Waals surface area contributed by atoms with E-state index in [4.69, 9.17) is 9.26 Å². The summed E-state index contributed by atoms with van der Waals surface area (Å²) in [7, 11) is 0. The standard InChI is InChI=1S/C26H27N3O4/c1-17-24(20-11-7-4-8-12-20)32-26(31)29(17)21-13-15-28(16-14-21)25(30)22-18(2)33-27-23(22)19-9-5-3-6-10-19/h3-12,17,21,24H,13-16H2,1-2H3/t17-,24-/m0/s1. The van der Waals surface area contributed by atoms with Crippen molar-refractivity contribution in [3.05, 3.63) is 77.6 Å². The van der Waals surface area contributed by atoms with E-state index in [-0.39, 0.29) is 30.2 Å². The van der Waals surface area contributed by atoms with Gasteiger partial charge >= 0.3 is 6.09 Å². The number of aromatic nitrogens is 1. The molecule has 0 radical (unpaired) electrons. The van der Waals surface area contributed by atoms with E-state index in [0.717, 1.165) is 11.1 Å². The monoisotopic (exact) mass is 445 g/mol. The van der Waals surface area contributed by atoms with Gasteiger partial charge in [0.15, 0.2) is 0 Å². The highest BCUT2D eigenvalue weighted by Crippen LogP contribution is 2.36. The molecule has 2 amide bonds. The first-order valence-electron chi connectivity index (χ1n) is 11.4. The van der Waals surface area contributed by atoms with Crippen LogP contribution in [-0.4, -0.2) is 52.1 Å². The number of carbonyl (C=O) groups is 2. The molecule has 0 saturated carbocycles. The number of benzene rings is 2. The molecule has 33 heavy (non-hydrogen) atoms. The molecular weight excluding hydrogens is 418 g/mol. The van der Waals surface area contributed by atoms with Crippen LogP contribution in [-0.2, 0) is 4.74 Å². The summed E-state index contributed by atoms with van der Waals surface area (Å²) in [6.45, 7) is 4.93. The Kier molecular flexibility index (Phi) is 5.62. The van der Waals surface area contributed by atoms with Crippen molar-refractivity contribution in [1.29, 1.82) is 0 Å². The van der Waals surface area contributed by atoms with Crippen molar-refractivity contribution in [1.82, 2.24) is 15.0 Å². The van der Waals surface area contributed by atoms with Crippen LogP contribution < -0.4 is 0 Å². The molecule has 3 aromatic rings. The second-order valence-corrected chi connectivity index (χ2v) is 8.71. The molecule has 170 valence electrons. The number of amides is 2. The minimum Gasteiger partial charge on any atom is -0.439 e. The lowest BCUT2D eigenvalue weighted by molar-refractivity contribution is 0.0639. The Hall–Kier alpha value is -3.61. The number of hydrogen-bond donors (Lipinski definition) is 0. The third kappa shape index (κ3) is 3.88. The summed E-state index contributed by atoms with van der Waals surface area (Å²) < 4.78 is 11.1. The normalized spacial score (nSPS) is 21.3. The van der Waals surface area contributed by atoms with Gasteiger partial charge in [0.2, 0.25) is 0 Å². The summed E-state index contributed by atoms with van der Waals surface area (Å²) in [6, 6.07) is 19.4. The Balaban J connectivity index is 1.28. The Morgan fingerprint density at radius 3 is 2.30 bits per heavy atom. The van der Waals surface area contributed by atoms with Crippen LogP contribution in [0.3, 0.4) is 0 Å². The van der Waals surface area contributed by atoms with Crippen molar-refractivity contribution in [2.24, 2.45) is 0 Å². The molecule has 2 saturated heterocycles. The van der Waals surface area contributed by atoms with E-state index in [1.54, 1.807) is 6.92 Å². The van der Waals surface area contributed by atoms with Crippen LogP contribution in [0.25, 0.3) is 11.3 Å². The van der Waals surface area contributed by atoms with Crippen molar-refractivity contribution in [2.75, 3.05) is 13.1 Å². The van der Waals surface area contributed by atoms with Crippen molar-refractivity contribution >= 4 is 12.0 Å². The molecule has 2 fully saturated rings. The molecule has 2 aliphatic rings. The maximum absolute atomic E-state index is 13.4. The Bertz CT molecular complexity index is 1140. The van der Waals surface area contributed by atoms with Crippen LogP contribution in [0.2, 0.25) is 0 Å². The summed E-state index contributed by atoms with van der Waals surface area (Å²) in [4.78, 5) is 29.8. The number of hydrogen-bond acceptors (Lipinski definition) is 5. The zero-order chi connectivity index (χ0) is 22.9. The van der Waals surface area contributed by atoms with Crippen LogP contribution in [0.5, 0.6) is 0 Å². The molecule has 5 rings (SSSR count). The van der Waals surface area contributed by atoms with E-state index in [9.17, 15) is 9.59 Å². The molecule has 0 unspecified atom stereocenters. The Morgan fingerprint density at radius 1 is 1.00 bits per heavy atom. The van der Waals surface area contributed by atoms with Gasteiger partial charge in [-0.05, 0) is 32.3 Å². The van der Waals surface area contributed by atoms with Crippen molar-refractivity contribution in [3.8, 4) is 11.3 Å². The lowest BCUT2D eigenvalue weighted by Gasteiger charge is -2.37. The van der Waals surface area contributed by atoms with Gasteiger partial charge in [-0.2, -0.15) is 0 Å². The summed E-state index contributed by atoms with van der Waals surface area (Å²) in [5.74, 6) is 0.439. The largest absolute Gasteiger partial charge is 0.439 e. The number of cyclic esters (lactones) is 1. The molecule has 7 heteroatoms. The van der Waals surface area contributed by atoms with Gasteiger partial charge in [0.05, 0.1) is 6.04 Å². The van der Waals surface area contributed by atoms with Crippen molar-refractivity contribution in [3.63, 3.8) is 0 Å². The highest BCUT2D eigenvalue weighted by atomic mass is 16.6. The maximum Gasteiger partial charge on any atom is 0.411 e. The fraction of sp³-hybridized carbons (Fsp3) is 0.346. The Labute approximate surface area is 192 Å². The fourth-order valence-corrected chi connectivity index (χ4v) is 4.97. The zero-order valence-corrected chi connectivity index (χ0v) is 18.8. The third-order valence-electron chi connectivity index (χ3n) is 6.71. The van der Waals surface area contributed by atoms with E-state index in [0.29, 0.717) is 42.9 Å². The Morgan fingerprint density at radius 2 is 1.64 bits per heavy atom. The van der Waals surface area contributed by atoms with Gasteiger partial charge in [0, 0.05) is 24.7 Å². The molecular formula is C26H27N3O4. The first-order valence-corrected chi connectivity index (χ1v) is 11.4. The number of aryl methyl sites for hydroxylation is 1. The number of nitrogens with zero attached hydrogens (tertiary/aromatic N) is 3. The van der Waals surface area contributed by atoms with Gasteiger partial charge < -0.3 is 14.2 Å². The summed E-state index contributed by atoms with van der Waals surface area (Å²) in [5.41, 5.74) is 2.94. The van der Waals surface area contributed by atoms with Crippen LogP contribution in [0.1, 0.15) is 47.6 Å². The summed E-state index contributed by atoms with van der Waals surface area (Å²) >= 11 is 0. The third-order valence-corrected chi connectivity index (χ3v) is 6.71. The zero-order valence-electron chi connectivity index (χ0n) is 18.8. The topological polar surface area (TPSA) is 75.9 Å². The fourth-order valence-electron chi connectivity index (χ4n) is 4.97. The number of carbonyl (C=O) groups excluding carboxylic acids is 2. The molecule has 3 heterocycles. The second-order valence-electron chi connectivity index (χ2n) is 8.71. The lowest BCUT2D eigenvalue weighted by atomic mass is 9.97. The van der Waals surface area contributed by atoms with Gasteiger partial charge in [-0.1, -0.05) is 65.8 Å². The first kappa shape index (κ1) is 21.2. The summed E-state index contributed by atoms with van der Waals surface area (Å²) in [6.07, 6.45) is 0.865. The van der Waals surface area contributed by atoms with E-state index in [2.05, 4.69) is 5.16 Å². The summed E-state index contributed by atoms with van der Waals surface area (Å²) in [5, 5.41) is 4.14. The molecule has 0 spiro atoms. The van der Waals surface area contributed by atoms with Gasteiger partial charge in [0.25, 0.3) is 5.91 Å². The maximum atomic E-state index is 13.4. The van der Waals surface area contributed by atoms with Crippen LogP contribution in [0.15, 0.2) is 65.2 Å². The molecule has 0 N–H and O–H groups in total. The first-order chi connectivity index (χ1) is 16.0. The van der Waals surface area contributed by atoms with Gasteiger partial charge in [-0.15, -0.1) is 0 Å². The average molecular weight is 446 g/mol. The van der Waals surface area contributed by atoms with Gasteiger partial charge in [-0.25, -0.2) is 4.79 Å². The number of likely N-dealkylation sites (tertiary alicyclic amines) is 1. The minimum absolute atomic E-state index is 0.0439. The number of rotatable bonds is 4. The number of piperidine rings is 1. The van der Waals surface area contributed by atoms with Crippen LogP contribution in [0.4, 0.5) is 4.79 Å². The quantitative estimate of drug-likeness (QED) is 0.575.